The molecule has 20 heavy (non-hydrogen) atoms. The van der Waals surface area contributed by atoms with Gasteiger partial charge in [-0.05, 0) is 6.07 Å². The summed E-state index contributed by atoms with van der Waals surface area (Å²) in [7, 11) is 0. The molecule has 0 bridgehead atoms. The SMILES string of the molecule is O=C1C([N+](=O)[O-])N=Nc2nc3c([N+](=O)[O-])cccc3n21. The van der Waals surface area contributed by atoms with E-state index in [9.17, 15) is 25.0 Å². The van der Waals surface area contributed by atoms with E-state index in [1.807, 2.05) is 0 Å². The number of nitrogens with zero attached hydrogens (tertiary/aromatic N) is 6. The fraction of sp³-hybridized carbons (Fsp3) is 0.111. The zero-order valence-electron chi connectivity index (χ0n) is 9.53. The third-order valence-corrected chi connectivity index (χ3v) is 2.74. The predicted molar refractivity (Wildman–Crippen MR) is 62.3 cm³/mol. The Hall–Kier alpha value is -3.24. The second-order valence-corrected chi connectivity index (χ2v) is 3.86. The predicted octanol–water partition coefficient (Wildman–Crippen LogP) is 1.28. The van der Waals surface area contributed by atoms with Gasteiger partial charge in [-0.15, -0.1) is 5.11 Å². The van der Waals surface area contributed by atoms with Crippen LogP contribution in [-0.2, 0) is 0 Å². The van der Waals surface area contributed by atoms with Crippen molar-refractivity contribution in [2.24, 2.45) is 10.2 Å². The quantitative estimate of drug-likeness (QED) is 0.596. The first-order valence-corrected chi connectivity index (χ1v) is 5.25. The average Bonchev–Trinajstić information content (AvgIpc) is 2.77. The van der Waals surface area contributed by atoms with E-state index in [1.54, 1.807) is 0 Å². The average molecular weight is 276 g/mol. The van der Waals surface area contributed by atoms with Crippen LogP contribution < -0.4 is 0 Å². The summed E-state index contributed by atoms with van der Waals surface area (Å²) < 4.78 is 0.864. The van der Waals surface area contributed by atoms with Crippen LogP contribution in [0.3, 0.4) is 0 Å². The van der Waals surface area contributed by atoms with Crippen LogP contribution in [0.4, 0.5) is 11.6 Å². The highest BCUT2D eigenvalue weighted by Crippen LogP contribution is 2.31. The number of imidazole rings is 1. The lowest BCUT2D eigenvalue weighted by atomic mass is 10.2. The summed E-state index contributed by atoms with van der Waals surface area (Å²) in [4.78, 5) is 35.8. The lowest BCUT2D eigenvalue weighted by molar-refractivity contribution is -0.505. The zero-order chi connectivity index (χ0) is 14.4. The van der Waals surface area contributed by atoms with Gasteiger partial charge in [0, 0.05) is 6.07 Å². The molecule has 1 aliphatic rings. The monoisotopic (exact) mass is 276 g/mol. The number of nitro groups is 2. The number of aromatic nitrogens is 2. The van der Waals surface area contributed by atoms with Gasteiger partial charge in [0.1, 0.15) is 0 Å². The van der Waals surface area contributed by atoms with Crippen LogP contribution in [0.15, 0.2) is 28.4 Å². The number of non-ortho nitro benzene ring substituents is 1. The molecule has 2 heterocycles. The molecular weight excluding hydrogens is 272 g/mol. The van der Waals surface area contributed by atoms with E-state index in [-0.39, 0.29) is 22.7 Å². The number of para-hydroxylation sites is 1. The van der Waals surface area contributed by atoms with Gasteiger partial charge in [-0.2, -0.15) is 0 Å². The molecular formula is C9H4N6O5. The Morgan fingerprint density at radius 2 is 2.00 bits per heavy atom. The lowest BCUT2D eigenvalue weighted by Gasteiger charge is -2.09. The smallest absolute Gasteiger partial charge is 0.263 e. The van der Waals surface area contributed by atoms with E-state index < -0.39 is 21.9 Å². The van der Waals surface area contributed by atoms with Crippen LogP contribution in [0.5, 0.6) is 0 Å². The molecule has 11 heteroatoms. The fourth-order valence-corrected chi connectivity index (χ4v) is 1.91. The second-order valence-electron chi connectivity index (χ2n) is 3.86. The molecule has 0 radical (unpaired) electrons. The van der Waals surface area contributed by atoms with Gasteiger partial charge in [0.25, 0.3) is 11.6 Å². The van der Waals surface area contributed by atoms with Crippen molar-refractivity contribution >= 4 is 28.6 Å². The van der Waals surface area contributed by atoms with Gasteiger partial charge in [0.2, 0.25) is 0 Å². The normalized spacial score (nSPS) is 17.2. The molecule has 2 aromatic rings. The second kappa shape index (κ2) is 3.88. The highest BCUT2D eigenvalue weighted by Gasteiger charge is 2.38. The number of carbonyl (C=O) groups is 1. The van der Waals surface area contributed by atoms with Crippen molar-refractivity contribution < 1.29 is 14.6 Å². The maximum atomic E-state index is 12.0. The number of nitro benzene ring substituents is 1. The number of fused-ring (bicyclic) bond motifs is 3. The number of azo groups is 1. The molecule has 1 aliphatic heterocycles. The Morgan fingerprint density at radius 1 is 1.25 bits per heavy atom. The third kappa shape index (κ3) is 1.46. The molecule has 1 unspecified atom stereocenters. The Bertz CT molecular complexity index is 809. The number of carbonyl (C=O) groups excluding carboxylic acids is 1. The van der Waals surface area contributed by atoms with E-state index in [4.69, 9.17) is 0 Å². The Labute approximate surface area is 108 Å². The summed E-state index contributed by atoms with van der Waals surface area (Å²) in [6.45, 7) is 0. The summed E-state index contributed by atoms with van der Waals surface area (Å²) in [5.74, 6) is -1.17. The molecule has 0 amide bonds. The van der Waals surface area contributed by atoms with Crippen molar-refractivity contribution in [2.45, 2.75) is 6.17 Å². The summed E-state index contributed by atoms with van der Waals surface area (Å²) in [6, 6.07) is 3.97. The molecule has 3 rings (SSSR count). The van der Waals surface area contributed by atoms with Gasteiger partial charge in [0.15, 0.2) is 5.52 Å². The molecule has 11 nitrogen and oxygen atoms in total. The van der Waals surface area contributed by atoms with E-state index in [0.717, 1.165) is 4.57 Å². The standard InChI is InChI=1S/C9H4N6O5/c16-8-7(15(19)20)11-12-9-10-6-4(13(8)9)2-1-3-5(6)14(17)18/h1-3,7H. The van der Waals surface area contributed by atoms with Gasteiger partial charge < -0.3 is 0 Å². The molecule has 1 aromatic heterocycles. The topological polar surface area (TPSA) is 146 Å². The van der Waals surface area contributed by atoms with E-state index in [1.165, 1.54) is 18.2 Å². The molecule has 0 spiro atoms. The van der Waals surface area contributed by atoms with Crippen LogP contribution in [-0.4, -0.2) is 31.5 Å². The van der Waals surface area contributed by atoms with Crippen LogP contribution in [0.1, 0.15) is 4.79 Å². The van der Waals surface area contributed by atoms with Crippen molar-refractivity contribution in [3.05, 3.63) is 38.4 Å². The van der Waals surface area contributed by atoms with Crippen LogP contribution >= 0.6 is 0 Å². The van der Waals surface area contributed by atoms with Gasteiger partial charge in [0.05, 0.1) is 15.4 Å². The lowest BCUT2D eigenvalue weighted by Crippen LogP contribution is -2.33. The minimum Gasteiger partial charge on any atom is -0.263 e. The first-order chi connectivity index (χ1) is 9.50. The first kappa shape index (κ1) is 11.8. The molecule has 0 saturated carbocycles. The van der Waals surface area contributed by atoms with E-state index in [0.29, 0.717) is 0 Å². The number of benzene rings is 1. The highest BCUT2D eigenvalue weighted by atomic mass is 16.6. The van der Waals surface area contributed by atoms with Crippen LogP contribution in [0.25, 0.3) is 11.0 Å². The van der Waals surface area contributed by atoms with Gasteiger partial charge in [-0.1, -0.05) is 11.2 Å². The third-order valence-electron chi connectivity index (χ3n) is 2.74. The summed E-state index contributed by atoms with van der Waals surface area (Å²) in [5, 5.41) is 28.3. The Kier molecular flexibility index (Phi) is 2.29. The maximum absolute atomic E-state index is 12.0. The Balaban J connectivity index is 2.31. The Morgan fingerprint density at radius 3 is 2.65 bits per heavy atom. The molecule has 0 aliphatic carbocycles. The molecule has 100 valence electrons. The van der Waals surface area contributed by atoms with Gasteiger partial charge >= 0.3 is 12.1 Å². The van der Waals surface area contributed by atoms with Crippen molar-refractivity contribution in [1.82, 2.24) is 9.55 Å². The van der Waals surface area contributed by atoms with E-state index in [2.05, 4.69) is 15.2 Å². The number of rotatable bonds is 2. The first-order valence-electron chi connectivity index (χ1n) is 5.25. The molecule has 0 fully saturated rings. The maximum Gasteiger partial charge on any atom is 0.399 e. The molecule has 1 atom stereocenters. The highest BCUT2D eigenvalue weighted by molar-refractivity contribution is 5.98. The largest absolute Gasteiger partial charge is 0.399 e. The van der Waals surface area contributed by atoms with Gasteiger partial charge in [-0.25, -0.2) is 9.55 Å². The van der Waals surface area contributed by atoms with Crippen molar-refractivity contribution in [1.29, 1.82) is 0 Å². The van der Waals surface area contributed by atoms with Crippen molar-refractivity contribution in [3.8, 4) is 0 Å². The summed E-state index contributed by atoms with van der Waals surface area (Å²) in [6.07, 6.45) is -1.86. The van der Waals surface area contributed by atoms with Crippen molar-refractivity contribution in [2.75, 3.05) is 0 Å². The van der Waals surface area contributed by atoms with Gasteiger partial charge in [-0.3, -0.25) is 25.0 Å². The van der Waals surface area contributed by atoms with Crippen LogP contribution in [0.2, 0.25) is 0 Å². The summed E-state index contributed by atoms with van der Waals surface area (Å²) >= 11 is 0. The minimum absolute atomic E-state index is 0.0659. The number of hydrogen-bond donors (Lipinski definition) is 0. The van der Waals surface area contributed by atoms with E-state index >= 15 is 0 Å². The molecule has 1 aromatic carbocycles. The number of hydrogen-bond acceptors (Lipinski definition) is 8. The molecule has 0 N–H and O–H groups in total. The fourth-order valence-electron chi connectivity index (χ4n) is 1.91. The molecule has 0 saturated heterocycles. The summed E-state index contributed by atoms with van der Waals surface area (Å²) in [5.41, 5.74) is -0.293. The van der Waals surface area contributed by atoms with Crippen molar-refractivity contribution in [3.63, 3.8) is 0 Å². The minimum atomic E-state index is -1.86. The zero-order valence-corrected chi connectivity index (χ0v) is 9.53. The van der Waals surface area contributed by atoms with Crippen LogP contribution in [0, 0.1) is 20.2 Å².